The SMILES string of the molecule is C1=C(c2ccc3c(c2)oc2ccccc23)CCC(N(c2ccccc2)c2ccc(-c3cc(-n4c5ccccc5c5ccccc54)cc4c3sc3ccccc34)cc2)=C1. The smallest absolute Gasteiger partial charge is 0.136 e. The van der Waals surface area contributed by atoms with Crippen molar-refractivity contribution in [2.24, 2.45) is 0 Å². The molecule has 0 aliphatic heterocycles. The molecule has 1 aliphatic rings. The molecule has 3 heterocycles. The molecule has 1 aliphatic carbocycles. The van der Waals surface area contributed by atoms with Crippen LogP contribution < -0.4 is 4.90 Å². The summed E-state index contributed by atoms with van der Waals surface area (Å²) in [4.78, 5) is 2.42. The molecular formula is C54H36N2OS. The summed E-state index contributed by atoms with van der Waals surface area (Å²) < 4.78 is 11.3. The van der Waals surface area contributed by atoms with E-state index >= 15 is 0 Å². The zero-order valence-corrected chi connectivity index (χ0v) is 32.4. The molecule has 0 atom stereocenters. The highest BCUT2D eigenvalue weighted by atomic mass is 32.1. The summed E-state index contributed by atoms with van der Waals surface area (Å²) in [5, 5.41) is 7.46. The summed E-state index contributed by atoms with van der Waals surface area (Å²) in [7, 11) is 0. The van der Waals surface area contributed by atoms with Crippen molar-refractivity contribution in [3.8, 4) is 16.8 Å². The van der Waals surface area contributed by atoms with E-state index < -0.39 is 0 Å². The van der Waals surface area contributed by atoms with Crippen LogP contribution in [0.4, 0.5) is 11.4 Å². The third kappa shape index (κ3) is 5.26. The molecule has 0 saturated carbocycles. The van der Waals surface area contributed by atoms with Gasteiger partial charge in [0.15, 0.2) is 0 Å². The highest BCUT2D eigenvalue weighted by molar-refractivity contribution is 7.26. The number of aromatic nitrogens is 1. The number of allylic oxidation sites excluding steroid dienone is 4. The van der Waals surface area contributed by atoms with Crippen molar-refractivity contribution in [1.82, 2.24) is 4.57 Å². The van der Waals surface area contributed by atoms with Crippen molar-refractivity contribution < 1.29 is 4.42 Å². The summed E-state index contributed by atoms with van der Waals surface area (Å²) in [5.41, 5.74) is 14.0. The Labute approximate surface area is 339 Å². The number of fused-ring (bicyclic) bond motifs is 9. The number of benzene rings is 8. The summed E-state index contributed by atoms with van der Waals surface area (Å²) in [6, 6.07) is 66.1. The third-order valence-electron chi connectivity index (χ3n) is 11.9. The minimum atomic E-state index is 0.921. The maximum absolute atomic E-state index is 6.25. The molecule has 0 fully saturated rings. The second kappa shape index (κ2) is 13.2. The second-order valence-electron chi connectivity index (χ2n) is 15.2. The van der Waals surface area contributed by atoms with E-state index in [1.165, 1.54) is 75.6 Å². The van der Waals surface area contributed by atoms with Crippen LogP contribution in [0.2, 0.25) is 0 Å². The summed E-state index contributed by atoms with van der Waals surface area (Å²) in [6.45, 7) is 0. The number of hydrogen-bond acceptors (Lipinski definition) is 3. The Morgan fingerprint density at radius 3 is 1.86 bits per heavy atom. The van der Waals surface area contributed by atoms with Crippen LogP contribution >= 0.6 is 11.3 Å². The van der Waals surface area contributed by atoms with Gasteiger partial charge in [-0.25, -0.2) is 0 Å². The van der Waals surface area contributed by atoms with Crippen LogP contribution in [0.5, 0.6) is 0 Å². The van der Waals surface area contributed by atoms with Gasteiger partial charge >= 0.3 is 0 Å². The minimum Gasteiger partial charge on any atom is -0.456 e. The van der Waals surface area contributed by atoms with Crippen molar-refractivity contribution >= 4 is 92.2 Å². The topological polar surface area (TPSA) is 21.3 Å². The van der Waals surface area contributed by atoms with Crippen LogP contribution in [-0.2, 0) is 0 Å². The zero-order valence-electron chi connectivity index (χ0n) is 31.6. The number of rotatable bonds is 6. The van der Waals surface area contributed by atoms with E-state index in [2.05, 4.69) is 191 Å². The van der Waals surface area contributed by atoms with Crippen molar-refractivity contribution in [3.05, 3.63) is 205 Å². The number of para-hydroxylation sites is 4. The fraction of sp³-hybridized carbons (Fsp3) is 0.0370. The van der Waals surface area contributed by atoms with Crippen molar-refractivity contribution in [2.45, 2.75) is 12.8 Å². The van der Waals surface area contributed by atoms with Crippen molar-refractivity contribution in [1.29, 1.82) is 0 Å². The van der Waals surface area contributed by atoms with E-state index in [0.29, 0.717) is 0 Å². The fourth-order valence-electron chi connectivity index (χ4n) is 9.18. The first-order valence-corrected chi connectivity index (χ1v) is 20.8. The Morgan fingerprint density at radius 1 is 0.466 bits per heavy atom. The van der Waals surface area contributed by atoms with Crippen LogP contribution in [0.3, 0.4) is 0 Å². The van der Waals surface area contributed by atoms with Gasteiger partial charge < -0.3 is 13.9 Å². The van der Waals surface area contributed by atoms with Gasteiger partial charge in [0.2, 0.25) is 0 Å². The average molecular weight is 761 g/mol. The van der Waals surface area contributed by atoms with Gasteiger partial charge in [-0.1, -0.05) is 115 Å². The molecule has 0 amide bonds. The molecule has 0 bridgehead atoms. The number of thiophene rings is 1. The minimum absolute atomic E-state index is 0.921. The summed E-state index contributed by atoms with van der Waals surface area (Å²) in [6.07, 6.45) is 6.46. The van der Waals surface area contributed by atoms with E-state index in [1.54, 1.807) is 0 Å². The van der Waals surface area contributed by atoms with Gasteiger partial charge in [-0.05, 0) is 108 Å². The van der Waals surface area contributed by atoms with Gasteiger partial charge in [0.1, 0.15) is 11.2 Å². The Bertz CT molecular complexity index is 3400. The number of furan rings is 1. The zero-order chi connectivity index (χ0) is 38.2. The highest BCUT2D eigenvalue weighted by Gasteiger charge is 2.21. The van der Waals surface area contributed by atoms with Gasteiger partial charge in [0.05, 0.1) is 11.0 Å². The molecule has 12 rings (SSSR count). The van der Waals surface area contributed by atoms with Gasteiger partial charge in [0, 0.05) is 70.0 Å². The van der Waals surface area contributed by atoms with Gasteiger partial charge in [0.25, 0.3) is 0 Å². The molecule has 11 aromatic rings. The van der Waals surface area contributed by atoms with Crippen LogP contribution in [0, 0.1) is 0 Å². The number of nitrogens with zero attached hydrogens (tertiary/aromatic N) is 2. The van der Waals surface area contributed by atoms with Gasteiger partial charge in [-0.2, -0.15) is 0 Å². The first-order chi connectivity index (χ1) is 28.7. The molecule has 0 radical (unpaired) electrons. The Balaban J connectivity index is 0.962. The summed E-state index contributed by atoms with van der Waals surface area (Å²) >= 11 is 1.88. The predicted octanol–water partition coefficient (Wildman–Crippen LogP) is 15.6. The Morgan fingerprint density at radius 2 is 1.10 bits per heavy atom. The molecule has 3 nitrogen and oxygen atoms in total. The van der Waals surface area contributed by atoms with Crippen LogP contribution in [-0.4, -0.2) is 4.57 Å². The molecule has 0 saturated heterocycles. The lowest BCUT2D eigenvalue weighted by molar-refractivity contribution is 0.669. The molecule has 4 heteroatoms. The molecule has 274 valence electrons. The van der Waals surface area contributed by atoms with E-state index in [-0.39, 0.29) is 0 Å². The normalized spacial score (nSPS) is 13.2. The lowest BCUT2D eigenvalue weighted by atomic mass is 9.94. The number of hydrogen-bond donors (Lipinski definition) is 0. The lowest BCUT2D eigenvalue weighted by Crippen LogP contribution is -2.17. The molecule has 0 unspecified atom stereocenters. The average Bonchev–Trinajstić information content (AvgIpc) is 3.96. The van der Waals surface area contributed by atoms with Gasteiger partial charge in [-0.3, -0.25) is 0 Å². The number of anilines is 2. The first-order valence-electron chi connectivity index (χ1n) is 20.0. The first kappa shape index (κ1) is 33.0. The molecule has 58 heavy (non-hydrogen) atoms. The van der Waals surface area contributed by atoms with Gasteiger partial charge in [-0.15, -0.1) is 11.3 Å². The molecule has 0 spiro atoms. The maximum atomic E-state index is 6.25. The second-order valence-corrected chi connectivity index (χ2v) is 16.3. The van der Waals surface area contributed by atoms with E-state index in [4.69, 9.17) is 4.42 Å². The van der Waals surface area contributed by atoms with Crippen LogP contribution in [0.25, 0.3) is 86.3 Å². The third-order valence-corrected chi connectivity index (χ3v) is 13.1. The van der Waals surface area contributed by atoms with Crippen molar-refractivity contribution in [2.75, 3.05) is 4.90 Å². The standard InChI is InChI=1S/C54H36N2OS/c1-2-12-38(13-3-1)55(39-27-22-35(23-28-39)37-26-31-45-44-16-6-10-20-51(44)57-52(45)32-37)40-29-24-36(25-30-40)47-33-41(34-48-46-17-7-11-21-53(46)58-54(47)48)56-49-18-8-4-14-42(49)43-15-5-9-19-50(43)56/h1-22,24-27,29-34H,23,28H2. The monoisotopic (exact) mass is 760 g/mol. The predicted molar refractivity (Wildman–Crippen MR) is 247 cm³/mol. The van der Waals surface area contributed by atoms with E-state index in [9.17, 15) is 0 Å². The molecule has 8 aromatic carbocycles. The van der Waals surface area contributed by atoms with Crippen molar-refractivity contribution in [3.63, 3.8) is 0 Å². The Kier molecular flexibility index (Phi) is 7.54. The van der Waals surface area contributed by atoms with Crippen LogP contribution in [0.15, 0.2) is 204 Å². The molecular weight excluding hydrogens is 725 g/mol. The largest absolute Gasteiger partial charge is 0.456 e. The summed E-state index contributed by atoms with van der Waals surface area (Å²) in [5.74, 6) is 0. The highest BCUT2D eigenvalue weighted by Crippen LogP contribution is 2.44. The fourth-order valence-corrected chi connectivity index (χ4v) is 10.4. The Hall–Kier alpha value is -7.14. The molecule has 0 N–H and O–H groups in total. The lowest BCUT2D eigenvalue weighted by Gasteiger charge is -2.30. The quantitative estimate of drug-likeness (QED) is 0.168. The maximum Gasteiger partial charge on any atom is 0.136 e. The van der Waals surface area contributed by atoms with E-state index in [1.807, 2.05) is 23.5 Å². The van der Waals surface area contributed by atoms with Crippen LogP contribution in [0.1, 0.15) is 18.4 Å². The van der Waals surface area contributed by atoms with E-state index in [0.717, 1.165) is 46.2 Å². The molecule has 3 aromatic heterocycles.